The largest absolute Gasteiger partial charge is 0.338 e. The lowest BCUT2D eigenvalue weighted by atomic mass is 10.1. The highest BCUT2D eigenvalue weighted by Gasteiger charge is 2.00. The van der Waals surface area contributed by atoms with Crippen LogP contribution in [0.4, 0.5) is 10.5 Å². The normalized spacial score (nSPS) is 8.80. The van der Waals surface area contributed by atoms with Crippen LogP contribution in [0.1, 0.15) is 55.4 Å². The summed E-state index contributed by atoms with van der Waals surface area (Å²) < 4.78 is 0. The molecule has 120 valence electrons. The van der Waals surface area contributed by atoms with Gasteiger partial charge in [-0.25, -0.2) is 4.79 Å². The SMILES string of the molecule is CC.CCCCCNC(=O)Nc1ccc(CC)cc1.S.[HH].[HH]. The highest BCUT2D eigenvalue weighted by molar-refractivity contribution is 7.59. The Labute approximate surface area is 134 Å². The number of aryl methyl sites for hydroxylation is 1. The van der Waals surface area contributed by atoms with Gasteiger partial charge in [-0.05, 0) is 30.5 Å². The Bertz CT molecular complexity index is 349. The van der Waals surface area contributed by atoms with E-state index in [2.05, 4.69) is 24.5 Å². The molecule has 0 bridgehead atoms. The quantitative estimate of drug-likeness (QED) is 0.697. The van der Waals surface area contributed by atoms with Gasteiger partial charge in [-0.15, -0.1) is 0 Å². The Kier molecular flexibility index (Phi) is 15.1. The molecule has 1 aromatic rings. The number of hydrogen-bond acceptors (Lipinski definition) is 1. The first-order valence-corrected chi connectivity index (χ1v) is 7.40. The molecule has 1 aromatic carbocycles. The number of unbranched alkanes of at least 4 members (excludes halogenated alkanes) is 2. The number of hydrogen-bond donors (Lipinski definition) is 2. The third-order valence-electron chi connectivity index (χ3n) is 2.69. The first-order valence-electron chi connectivity index (χ1n) is 7.40. The van der Waals surface area contributed by atoms with Crippen LogP contribution in [0.15, 0.2) is 24.3 Å². The summed E-state index contributed by atoms with van der Waals surface area (Å²) in [4.78, 5) is 11.5. The Morgan fingerprint density at radius 2 is 1.70 bits per heavy atom. The Hall–Kier alpha value is -1.16. The van der Waals surface area contributed by atoms with Crippen molar-refractivity contribution in [2.75, 3.05) is 11.9 Å². The maximum Gasteiger partial charge on any atom is 0.319 e. The fraction of sp³-hybridized carbons (Fsp3) is 0.562. The summed E-state index contributed by atoms with van der Waals surface area (Å²) >= 11 is 0. The molecule has 0 spiro atoms. The maximum absolute atomic E-state index is 11.5. The molecule has 0 fully saturated rings. The molecular weight excluding hydrogens is 268 g/mol. The van der Waals surface area contributed by atoms with Crippen LogP contribution >= 0.6 is 13.5 Å². The number of amides is 2. The van der Waals surface area contributed by atoms with Crippen molar-refractivity contribution in [3.8, 4) is 0 Å². The minimum absolute atomic E-state index is 0. The molecule has 0 aliphatic carbocycles. The van der Waals surface area contributed by atoms with E-state index in [4.69, 9.17) is 0 Å². The van der Waals surface area contributed by atoms with Gasteiger partial charge in [-0.1, -0.05) is 52.7 Å². The molecule has 4 heteroatoms. The van der Waals surface area contributed by atoms with Gasteiger partial charge < -0.3 is 10.6 Å². The zero-order chi connectivity index (χ0) is 14.5. The Morgan fingerprint density at radius 1 is 1.10 bits per heavy atom. The van der Waals surface area contributed by atoms with Gasteiger partial charge in [-0.3, -0.25) is 0 Å². The van der Waals surface area contributed by atoms with Gasteiger partial charge in [0.05, 0.1) is 0 Å². The standard InChI is InChI=1S/C14H22N2O.C2H6.H2S.2H2/c1-3-5-6-11-15-14(17)16-13-9-7-12(4-2)8-10-13;1-2;;;/h7-10H,3-6,11H2,1-2H3,(H2,15,16,17);1-2H3;1H2;2*1H. The number of carbonyl (C=O) groups is 1. The minimum atomic E-state index is -0.120. The van der Waals surface area contributed by atoms with Crippen molar-refractivity contribution in [1.82, 2.24) is 5.32 Å². The van der Waals surface area contributed by atoms with E-state index < -0.39 is 0 Å². The fourth-order valence-corrected chi connectivity index (χ4v) is 1.58. The molecule has 2 amide bonds. The summed E-state index contributed by atoms with van der Waals surface area (Å²) in [6.45, 7) is 9.00. The summed E-state index contributed by atoms with van der Waals surface area (Å²) in [5.74, 6) is 0. The number of rotatable bonds is 6. The van der Waals surface area contributed by atoms with Crippen molar-refractivity contribution in [2.24, 2.45) is 0 Å². The molecule has 0 saturated carbocycles. The van der Waals surface area contributed by atoms with Crippen molar-refractivity contribution in [2.45, 2.75) is 53.4 Å². The molecule has 3 nitrogen and oxygen atoms in total. The zero-order valence-electron chi connectivity index (χ0n) is 13.3. The van der Waals surface area contributed by atoms with E-state index >= 15 is 0 Å². The molecule has 0 aliphatic rings. The average molecular weight is 303 g/mol. The van der Waals surface area contributed by atoms with Crippen molar-refractivity contribution in [3.63, 3.8) is 0 Å². The molecule has 0 radical (unpaired) electrons. The lowest BCUT2D eigenvalue weighted by Crippen LogP contribution is -2.29. The summed E-state index contributed by atoms with van der Waals surface area (Å²) in [5.41, 5.74) is 2.12. The van der Waals surface area contributed by atoms with Gasteiger partial charge in [0.15, 0.2) is 0 Å². The molecular formula is C16H34N2OS. The molecule has 20 heavy (non-hydrogen) atoms. The third-order valence-corrected chi connectivity index (χ3v) is 2.69. The van der Waals surface area contributed by atoms with Crippen LogP contribution in [0, 0.1) is 0 Å². The molecule has 0 aromatic heterocycles. The maximum atomic E-state index is 11.5. The van der Waals surface area contributed by atoms with Crippen LogP contribution in [0.3, 0.4) is 0 Å². The van der Waals surface area contributed by atoms with Crippen molar-refractivity contribution in [3.05, 3.63) is 29.8 Å². The average Bonchev–Trinajstić information content (AvgIpc) is 2.46. The van der Waals surface area contributed by atoms with Crippen LogP contribution in [-0.2, 0) is 6.42 Å². The van der Waals surface area contributed by atoms with Crippen LogP contribution < -0.4 is 10.6 Å². The summed E-state index contributed by atoms with van der Waals surface area (Å²) in [7, 11) is 0. The molecule has 2 N–H and O–H groups in total. The van der Waals surface area contributed by atoms with E-state index in [1.807, 2.05) is 38.1 Å². The van der Waals surface area contributed by atoms with E-state index in [1.165, 1.54) is 12.0 Å². The van der Waals surface area contributed by atoms with E-state index in [9.17, 15) is 4.79 Å². The van der Waals surface area contributed by atoms with Crippen LogP contribution in [-0.4, -0.2) is 12.6 Å². The monoisotopic (exact) mass is 302 g/mol. The number of benzene rings is 1. The van der Waals surface area contributed by atoms with Crippen molar-refractivity contribution >= 4 is 25.2 Å². The molecule has 1 rings (SSSR count). The highest BCUT2D eigenvalue weighted by atomic mass is 32.1. The summed E-state index contributed by atoms with van der Waals surface area (Å²) in [5, 5.41) is 5.66. The van der Waals surface area contributed by atoms with Crippen LogP contribution in [0.2, 0.25) is 0 Å². The number of urea groups is 1. The second kappa shape index (κ2) is 14.3. The van der Waals surface area contributed by atoms with Gasteiger partial charge >= 0.3 is 6.03 Å². The van der Waals surface area contributed by atoms with Crippen molar-refractivity contribution < 1.29 is 7.65 Å². The topological polar surface area (TPSA) is 41.1 Å². The lowest BCUT2D eigenvalue weighted by Gasteiger charge is -2.07. The predicted octanol–water partition coefficient (Wildman–Crippen LogP) is 5.19. The molecule has 0 atom stereocenters. The third kappa shape index (κ3) is 9.73. The number of anilines is 1. The molecule has 0 saturated heterocycles. The van der Waals surface area contributed by atoms with E-state index in [-0.39, 0.29) is 22.4 Å². The minimum Gasteiger partial charge on any atom is -0.338 e. The van der Waals surface area contributed by atoms with Gasteiger partial charge in [0.1, 0.15) is 0 Å². The van der Waals surface area contributed by atoms with Crippen molar-refractivity contribution in [1.29, 1.82) is 0 Å². The van der Waals surface area contributed by atoms with Gasteiger partial charge in [0.25, 0.3) is 0 Å². The summed E-state index contributed by atoms with van der Waals surface area (Å²) in [6, 6.07) is 7.82. The van der Waals surface area contributed by atoms with Gasteiger partial charge in [0, 0.05) is 15.1 Å². The van der Waals surface area contributed by atoms with E-state index in [1.54, 1.807) is 0 Å². The number of carbonyl (C=O) groups excluding carboxylic acids is 1. The molecule has 0 heterocycles. The predicted molar refractivity (Wildman–Crippen MR) is 98.3 cm³/mol. The lowest BCUT2D eigenvalue weighted by molar-refractivity contribution is 0.252. The van der Waals surface area contributed by atoms with Crippen LogP contribution in [0.5, 0.6) is 0 Å². The Morgan fingerprint density at radius 3 is 2.20 bits per heavy atom. The molecule has 0 unspecified atom stereocenters. The zero-order valence-corrected chi connectivity index (χ0v) is 14.3. The van der Waals surface area contributed by atoms with Gasteiger partial charge in [0.2, 0.25) is 0 Å². The smallest absolute Gasteiger partial charge is 0.319 e. The van der Waals surface area contributed by atoms with E-state index in [0.717, 1.165) is 31.5 Å². The first-order chi connectivity index (χ1) is 9.26. The highest BCUT2D eigenvalue weighted by Crippen LogP contribution is 2.09. The fourth-order valence-electron chi connectivity index (χ4n) is 1.58. The first kappa shape index (κ1) is 21.1. The number of nitrogens with one attached hydrogen (secondary N) is 2. The second-order valence-electron chi connectivity index (χ2n) is 4.14. The second-order valence-corrected chi connectivity index (χ2v) is 4.14. The molecule has 0 aliphatic heterocycles. The Balaban J connectivity index is -0.000000310. The van der Waals surface area contributed by atoms with E-state index in [0.29, 0.717) is 0 Å². The van der Waals surface area contributed by atoms with Crippen LogP contribution in [0.25, 0.3) is 0 Å². The summed E-state index contributed by atoms with van der Waals surface area (Å²) in [6.07, 6.45) is 4.38. The van der Waals surface area contributed by atoms with Gasteiger partial charge in [-0.2, -0.15) is 13.5 Å².